The summed E-state index contributed by atoms with van der Waals surface area (Å²) in [6.45, 7) is 8.85. The molecular formula is C32H38N6O3. The Balaban J connectivity index is 1.32. The molecule has 2 aromatic heterocycles. The van der Waals surface area contributed by atoms with Crippen LogP contribution < -0.4 is 10.6 Å². The summed E-state index contributed by atoms with van der Waals surface area (Å²) < 4.78 is 5.47. The zero-order valence-corrected chi connectivity index (χ0v) is 23.9. The fourth-order valence-electron chi connectivity index (χ4n) is 5.23. The van der Waals surface area contributed by atoms with Gasteiger partial charge in [-0.1, -0.05) is 26.0 Å². The molecule has 0 spiro atoms. The summed E-state index contributed by atoms with van der Waals surface area (Å²) >= 11 is 0. The number of ether oxygens (including phenoxy) is 1. The first-order valence-electron chi connectivity index (χ1n) is 14.5. The molecule has 214 valence electrons. The number of nitrogens with one attached hydrogen (secondary N) is 2. The maximum Gasteiger partial charge on any atom is 0.274 e. The molecule has 9 heteroatoms. The van der Waals surface area contributed by atoms with Crippen LogP contribution in [0.2, 0.25) is 0 Å². The number of nitrogens with zero attached hydrogens (tertiary/aromatic N) is 4. The van der Waals surface area contributed by atoms with E-state index in [0.29, 0.717) is 23.6 Å². The largest absolute Gasteiger partial charge is 0.379 e. The number of fused-ring (bicyclic) bond motifs is 1. The van der Waals surface area contributed by atoms with Gasteiger partial charge in [0.15, 0.2) is 0 Å². The number of pyridine rings is 2. The molecule has 5 rings (SSSR count). The zero-order valence-electron chi connectivity index (χ0n) is 23.9. The van der Waals surface area contributed by atoms with Crippen LogP contribution >= 0.6 is 0 Å². The first-order chi connectivity index (χ1) is 20.0. The fraction of sp³-hybridized carbons (Fsp3) is 0.406. The lowest BCUT2D eigenvalue weighted by atomic mass is 9.94. The lowest BCUT2D eigenvalue weighted by Gasteiger charge is -2.26. The minimum absolute atomic E-state index is 0.116. The molecule has 0 bridgehead atoms. The molecule has 0 unspecified atom stereocenters. The summed E-state index contributed by atoms with van der Waals surface area (Å²) in [6.07, 6.45) is 8.74. The van der Waals surface area contributed by atoms with Crippen LogP contribution in [-0.2, 0) is 22.5 Å². The van der Waals surface area contributed by atoms with Crippen LogP contribution in [0.5, 0.6) is 0 Å². The highest BCUT2D eigenvalue weighted by molar-refractivity contribution is 6.49. The number of aliphatic imine (C=N–C) groups is 1. The summed E-state index contributed by atoms with van der Waals surface area (Å²) in [7, 11) is 0. The second-order valence-corrected chi connectivity index (χ2v) is 10.5. The Morgan fingerprint density at radius 3 is 2.56 bits per heavy atom. The summed E-state index contributed by atoms with van der Waals surface area (Å²) in [6, 6.07) is 11.9. The number of anilines is 1. The van der Waals surface area contributed by atoms with Crippen LogP contribution in [0.25, 0.3) is 11.1 Å². The third-order valence-corrected chi connectivity index (χ3v) is 7.67. The second-order valence-electron chi connectivity index (χ2n) is 10.5. The van der Waals surface area contributed by atoms with Gasteiger partial charge in [0.25, 0.3) is 11.8 Å². The molecular weight excluding hydrogens is 516 g/mol. The monoisotopic (exact) mass is 554 g/mol. The lowest BCUT2D eigenvalue weighted by Crippen LogP contribution is -2.35. The molecule has 2 N–H and O–H groups in total. The van der Waals surface area contributed by atoms with E-state index in [1.165, 1.54) is 6.20 Å². The van der Waals surface area contributed by atoms with Gasteiger partial charge in [-0.15, -0.1) is 0 Å². The van der Waals surface area contributed by atoms with Crippen LogP contribution in [0.3, 0.4) is 0 Å². The van der Waals surface area contributed by atoms with Crippen molar-refractivity contribution in [3.05, 3.63) is 77.4 Å². The molecule has 3 aromatic rings. The average Bonchev–Trinajstić information content (AvgIpc) is 3.23. The van der Waals surface area contributed by atoms with Crippen molar-refractivity contribution in [1.29, 1.82) is 0 Å². The number of rotatable bonds is 9. The van der Waals surface area contributed by atoms with E-state index in [2.05, 4.69) is 54.8 Å². The van der Waals surface area contributed by atoms with Crippen molar-refractivity contribution in [1.82, 2.24) is 20.2 Å². The number of aryl methyl sites for hydroxylation is 1. The molecule has 9 nitrogen and oxygen atoms in total. The van der Waals surface area contributed by atoms with E-state index in [-0.39, 0.29) is 17.9 Å². The van der Waals surface area contributed by atoms with Crippen LogP contribution in [0.1, 0.15) is 60.3 Å². The number of hydrogen-bond acceptors (Lipinski definition) is 7. The first kappa shape index (κ1) is 28.6. The van der Waals surface area contributed by atoms with Gasteiger partial charge in [-0.05, 0) is 66.6 Å². The van der Waals surface area contributed by atoms with Crippen molar-refractivity contribution >= 4 is 23.2 Å². The number of aromatic nitrogens is 2. The Kier molecular flexibility index (Phi) is 9.48. The smallest absolute Gasteiger partial charge is 0.274 e. The molecule has 4 heterocycles. The van der Waals surface area contributed by atoms with Gasteiger partial charge in [-0.25, -0.2) is 4.98 Å². The molecule has 2 aliphatic heterocycles. The third kappa shape index (κ3) is 7.23. The fourth-order valence-corrected chi connectivity index (χ4v) is 5.23. The van der Waals surface area contributed by atoms with Gasteiger partial charge >= 0.3 is 0 Å². The van der Waals surface area contributed by atoms with Crippen molar-refractivity contribution in [2.75, 3.05) is 38.2 Å². The Labute approximate surface area is 241 Å². The third-order valence-electron chi connectivity index (χ3n) is 7.67. The molecule has 0 radical (unpaired) electrons. The normalized spacial score (nSPS) is 15.5. The van der Waals surface area contributed by atoms with E-state index in [1.54, 1.807) is 12.1 Å². The standard InChI is InChI=1S/C32H38N6O3/c1-3-26(4-2)36-31(39)29-10-9-27(20-35-29)37-32(40)30-28-17-24(8-7-23(28)6-5-11-34-30)25-16-22(18-33-19-25)21-38-12-14-41-15-13-38/h7-10,16-20,26H,3-6,11-15,21H2,1-2H3,(H,36,39)(H,37,40). The molecule has 2 aliphatic rings. The summed E-state index contributed by atoms with van der Waals surface area (Å²) in [5, 5.41) is 5.92. The van der Waals surface area contributed by atoms with Gasteiger partial charge < -0.3 is 15.4 Å². The summed E-state index contributed by atoms with van der Waals surface area (Å²) in [5.74, 6) is -0.504. The Morgan fingerprint density at radius 1 is 0.976 bits per heavy atom. The van der Waals surface area contributed by atoms with Crippen molar-refractivity contribution in [2.24, 2.45) is 4.99 Å². The molecule has 1 saturated heterocycles. The quantitative estimate of drug-likeness (QED) is 0.409. The Morgan fingerprint density at radius 2 is 1.80 bits per heavy atom. The summed E-state index contributed by atoms with van der Waals surface area (Å²) in [5.41, 5.74) is 6.34. The minimum Gasteiger partial charge on any atom is -0.379 e. The Hall–Kier alpha value is -3.95. The molecule has 0 atom stereocenters. The zero-order chi connectivity index (χ0) is 28.6. The van der Waals surface area contributed by atoms with Gasteiger partial charge in [0, 0.05) is 55.7 Å². The first-order valence-corrected chi connectivity index (χ1v) is 14.5. The van der Waals surface area contributed by atoms with Crippen LogP contribution in [0.4, 0.5) is 5.69 Å². The van der Waals surface area contributed by atoms with E-state index in [0.717, 1.165) is 86.3 Å². The van der Waals surface area contributed by atoms with Crippen LogP contribution in [0.15, 0.2) is 60.0 Å². The van der Waals surface area contributed by atoms with Crippen molar-refractivity contribution in [3.63, 3.8) is 0 Å². The second kappa shape index (κ2) is 13.6. The predicted molar refractivity (Wildman–Crippen MR) is 160 cm³/mol. The minimum atomic E-state index is -0.291. The van der Waals surface area contributed by atoms with E-state index in [1.807, 2.05) is 26.2 Å². The highest BCUT2D eigenvalue weighted by Gasteiger charge is 2.21. The number of carbonyl (C=O) groups is 2. The van der Waals surface area contributed by atoms with Gasteiger partial charge in [-0.2, -0.15) is 0 Å². The van der Waals surface area contributed by atoms with E-state index < -0.39 is 0 Å². The number of carbonyl (C=O) groups excluding carboxylic acids is 2. The van der Waals surface area contributed by atoms with Gasteiger partial charge in [0.2, 0.25) is 0 Å². The Bertz CT molecular complexity index is 1390. The van der Waals surface area contributed by atoms with E-state index >= 15 is 0 Å². The maximum absolute atomic E-state index is 13.5. The maximum atomic E-state index is 13.5. The van der Waals surface area contributed by atoms with Crippen LogP contribution in [-0.4, -0.2) is 71.3 Å². The van der Waals surface area contributed by atoms with Crippen molar-refractivity contribution in [2.45, 2.75) is 52.1 Å². The highest BCUT2D eigenvalue weighted by Crippen LogP contribution is 2.26. The summed E-state index contributed by atoms with van der Waals surface area (Å²) in [4.78, 5) is 41.8. The van der Waals surface area contributed by atoms with Gasteiger partial charge in [0.1, 0.15) is 11.4 Å². The molecule has 41 heavy (non-hydrogen) atoms. The SMILES string of the molecule is CCC(CC)NC(=O)c1ccc(NC(=O)C2=NCCCc3ccc(-c4cncc(CN5CCOCC5)c4)cc32)cn1. The van der Waals surface area contributed by atoms with E-state index in [4.69, 9.17) is 4.74 Å². The van der Waals surface area contributed by atoms with Crippen molar-refractivity contribution in [3.8, 4) is 11.1 Å². The molecule has 1 fully saturated rings. The molecule has 0 saturated carbocycles. The lowest BCUT2D eigenvalue weighted by molar-refractivity contribution is -0.110. The predicted octanol–water partition coefficient (Wildman–Crippen LogP) is 4.27. The molecule has 1 aromatic carbocycles. The van der Waals surface area contributed by atoms with Crippen molar-refractivity contribution < 1.29 is 14.3 Å². The van der Waals surface area contributed by atoms with E-state index in [9.17, 15) is 9.59 Å². The van der Waals surface area contributed by atoms with Gasteiger partial charge in [-0.3, -0.25) is 24.5 Å². The molecule has 0 aliphatic carbocycles. The number of benzene rings is 1. The van der Waals surface area contributed by atoms with Gasteiger partial charge in [0.05, 0.1) is 25.1 Å². The average molecular weight is 555 g/mol. The number of amides is 2. The topological polar surface area (TPSA) is 109 Å². The number of morpholine rings is 1. The highest BCUT2D eigenvalue weighted by atomic mass is 16.5. The van der Waals surface area contributed by atoms with Crippen LogP contribution in [0, 0.1) is 0 Å². The molecule has 2 amide bonds. The number of hydrogen-bond donors (Lipinski definition) is 2.